The second-order valence-corrected chi connectivity index (χ2v) is 8.97. The molecule has 5 rings (SSSR count). The minimum absolute atomic E-state index is 0.101. The molecule has 154 valence electrons. The zero-order valence-electron chi connectivity index (χ0n) is 17.0. The molecule has 4 fully saturated rings. The molecular formula is C21H33N5O2. The van der Waals surface area contributed by atoms with Crippen LogP contribution in [0.25, 0.3) is 0 Å². The number of carbonyl (C=O) groups is 1. The van der Waals surface area contributed by atoms with Crippen molar-refractivity contribution in [1.29, 1.82) is 0 Å². The van der Waals surface area contributed by atoms with Crippen molar-refractivity contribution in [3.05, 3.63) is 24.5 Å². The van der Waals surface area contributed by atoms with Gasteiger partial charge in [-0.25, -0.2) is 0 Å². The Balaban J connectivity index is 1.39. The highest BCUT2D eigenvalue weighted by Gasteiger charge is 2.44. The molecule has 0 radical (unpaired) electrons. The lowest BCUT2D eigenvalue weighted by Gasteiger charge is -2.49. The van der Waals surface area contributed by atoms with Gasteiger partial charge in [-0.1, -0.05) is 30.6 Å². The molecule has 1 aromatic heterocycles. The van der Waals surface area contributed by atoms with Gasteiger partial charge in [0.15, 0.2) is 0 Å². The van der Waals surface area contributed by atoms with Gasteiger partial charge in [-0.15, -0.1) is 11.7 Å². The Morgan fingerprint density at radius 2 is 2.21 bits per heavy atom. The van der Waals surface area contributed by atoms with E-state index in [1.54, 1.807) is 11.0 Å². The van der Waals surface area contributed by atoms with Gasteiger partial charge in [0.25, 0.3) is 0 Å². The van der Waals surface area contributed by atoms with E-state index in [9.17, 15) is 9.90 Å². The van der Waals surface area contributed by atoms with Crippen molar-refractivity contribution >= 4 is 5.91 Å². The lowest BCUT2D eigenvalue weighted by molar-refractivity contribution is -0.142. The fraction of sp³-hybridized carbons (Fsp3) is 0.762. The molecule has 7 nitrogen and oxygen atoms in total. The molecule has 4 aliphatic rings. The Hall–Kier alpha value is -1.73. The molecule has 0 aromatic carbocycles. The number of hydrogen-bond acceptors (Lipinski definition) is 5. The van der Waals surface area contributed by atoms with Gasteiger partial charge in [0.2, 0.25) is 5.91 Å². The molecule has 0 spiro atoms. The van der Waals surface area contributed by atoms with Crippen molar-refractivity contribution in [1.82, 2.24) is 24.8 Å². The first-order valence-electron chi connectivity index (χ1n) is 10.7. The van der Waals surface area contributed by atoms with E-state index in [2.05, 4.69) is 21.8 Å². The SMILES string of the molecule is C=CCN(C)C(=O)[C@@H]1CN2CC[C@H]1C[C@@H]2Cn1cc(C2(O)CCCCC2)nn1. The largest absolute Gasteiger partial charge is 0.383 e. The van der Waals surface area contributed by atoms with Gasteiger partial charge >= 0.3 is 0 Å². The first-order chi connectivity index (χ1) is 13.5. The molecule has 1 unspecified atom stereocenters. The van der Waals surface area contributed by atoms with Crippen LogP contribution in [0.3, 0.4) is 0 Å². The van der Waals surface area contributed by atoms with Crippen molar-refractivity contribution in [2.24, 2.45) is 11.8 Å². The van der Waals surface area contributed by atoms with E-state index in [4.69, 9.17) is 0 Å². The van der Waals surface area contributed by atoms with E-state index in [0.717, 1.165) is 63.9 Å². The topological polar surface area (TPSA) is 74.5 Å². The molecule has 1 saturated carbocycles. The van der Waals surface area contributed by atoms with Gasteiger partial charge < -0.3 is 10.0 Å². The Morgan fingerprint density at radius 3 is 2.89 bits per heavy atom. The highest BCUT2D eigenvalue weighted by molar-refractivity contribution is 5.79. The number of fused-ring (bicyclic) bond motifs is 3. The quantitative estimate of drug-likeness (QED) is 0.753. The molecule has 28 heavy (non-hydrogen) atoms. The minimum atomic E-state index is -0.796. The molecule has 3 saturated heterocycles. The number of hydrogen-bond donors (Lipinski definition) is 1. The molecular weight excluding hydrogens is 354 g/mol. The third-order valence-electron chi connectivity index (χ3n) is 7.07. The van der Waals surface area contributed by atoms with Crippen LogP contribution in [-0.2, 0) is 16.9 Å². The zero-order chi connectivity index (χ0) is 19.7. The van der Waals surface area contributed by atoms with Gasteiger partial charge in [0.1, 0.15) is 11.3 Å². The van der Waals surface area contributed by atoms with E-state index in [1.165, 1.54) is 6.42 Å². The van der Waals surface area contributed by atoms with Crippen LogP contribution in [0, 0.1) is 11.8 Å². The van der Waals surface area contributed by atoms with E-state index in [0.29, 0.717) is 18.5 Å². The fourth-order valence-corrected chi connectivity index (χ4v) is 5.38. The van der Waals surface area contributed by atoms with Gasteiger partial charge in [-0.05, 0) is 38.1 Å². The normalized spacial score (nSPS) is 31.5. The molecule has 1 aliphatic carbocycles. The molecule has 1 amide bonds. The maximum atomic E-state index is 12.8. The summed E-state index contributed by atoms with van der Waals surface area (Å²) >= 11 is 0. The van der Waals surface area contributed by atoms with Crippen LogP contribution in [0.5, 0.6) is 0 Å². The number of carbonyl (C=O) groups excluding carboxylic acids is 1. The Morgan fingerprint density at radius 1 is 1.43 bits per heavy atom. The third kappa shape index (κ3) is 3.74. The van der Waals surface area contributed by atoms with Crippen LogP contribution in [0.1, 0.15) is 50.6 Å². The molecule has 3 aliphatic heterocycles. The fourth-order valence-electron chi connectivity index (χ4n) is 5.38. The molecule has 2 bridgehead atoms. The number of aromatic nitrogens is 3. The highest BCUT2D eigenvalue weighted by atomic mass is 16.3. The third-order valence-corrected chi connectivity index (χ3v) is 7.07. The summed E-state index contributed by atoms with van der Waals surface area (Å²) in [4.78, 5) is 17.0. The van der Waals surface area contributed by atoms with Crippen LogP contribution in [0.2, 0.25) is 0 Å². The molecule has 1 N–H and O–H groups in total. The van der Waals surface area contributed by atoms with Gasteiger partial charge in [-0.3, -0.25) is 14.4 Å². The highest BCUT2D eigenvalue weighted by Crippen LogP contribution is 2.38. The number of amides is 1. The van der Waals surface area contributed by atoms with Crippen LogP contribution in [-0.4, -0.2) is 68.5 Å². The molecule has 4 atom stereocenters. The van der Waals surface area contributed by atoms with Crippen LogP contribution in [0.4, 0.5) is 0 Å². The first kappa shape index (κ1) is 19.6. The second kappa shape index (κ2) is 7.95. The van der Waals surface area contributed by atoms with E-state index < -0.39 is 5.60 Å². The zero-order valence-corrected chi connectivity index (χ0v) is 17.0. The van der Waals surface area contributed by atoms with Crippen LogP contribution in [0.15, 0.2) is 18.9 Å². The number of piperidine rings is 3. The van der Waals surface area contributed by atoms with E-state index in [-0.39, 0.29) is 11.8 Å². The molecule has 4 heterocycles. The van der Waals surface area contributed by atoms with Crippen molar-refractivity contribution in [3.8, 4) is 0 Å². The van der Waals surface area contributed by atoms with Crippen molar-refractivity contribution in [2.45, 2.75) is 63.1 Å². The summed E-state index contributed by atoms with van der Waals surface area (Å²) in [6.45, 7) is 7.01. The summed E-state index contributed by atoms with van der Waals surface area (Å²) in [6.07, 6.45) is 10.7. The summed E-state index contributed by atoms with van der Waals surface area (Å²) in [6, 6.07) is 0.392. The smallest absolute Gasteiger partial charge is 0.227 e. The van der Waals surface area contributed by atoms with Crippen molar-refractivity contribution < 1.29 is 9.90 Å². The maximum Gasteiger partial charge on any atom is 0.227 e. The van der Waals surface area contributed by atoms with Gasteiger partial charge in [0, 0.05) is 26.2 Å². The van der Waals surface area contributed by atoms with Gasteiger partial charge in [0.05, 0.1) is 18.7 Å². The van der Waals surface area contributed by atoms with E-state index >= 15 is 0 Å². The average molecular weight is 388 g/mol. The summed E-state index contributed by atoms with van der Waals surface area (Å²) in [5.74, 6) is 0.792. The van der Waals surface area contributed by atoms with Gasteiger partial charge in [-0.2, -0.15) is 0 Å². The van der Waals surface area contributed by atoms with Crippen LogP contribution >= 0.6 is 0 Å². The first-order valence-corrected chi connectivity index (χ1v) is 10.7. The van der Waals surface area contributed by atoms with Crippen molar-refractivity contribution in [2.75, 3.05) is 26.7 Å². The van der Waals surface area contributed by atoms with Crippen LogP contribution < -0.4 is 0 Å². The molecule has 1 aromatic rings. The Bertz CT molecular complexity index is 711. The predicted molar refractivity (Wildman–Crippen MR) is 106 cm³/mol. The summed E-state index contributed by atoms with van der Waals surface area (Å²) in [5.41, 5.74) is -0.0717. The lowest BCUT2D eigenvalue weighted by Crippen LogP contribution is -2.58. The lowest BCUT2D eigenvalue weighted by atomic mass is 9.75. The summed E-state index contributed by atoms with van der Waals surface area (Å²) in [7, 11) is 1.87. The Labute approximate surface area is 167 Å². The number of aliphatic hydroxyl groups is 1. The number of rotatable bonds is 6. The minimum Gasteiger partial charge on any atom is -0.383 e. The monoisotopic (exact) mass is 387 g/mol. The standard InChI is InChI=1S/C21H33N5O2/c1-3-10-24(2)20(27)18-14-25-11-7-16(18)12-17(25)13-26-15-19(22-23-26)21(28)8-5-4-6-9-21/h3,15-18,28H,1,4-14H2,2H3/t16-,17+,18+/m0/s1. The summed E-state index contributed by atoms with van der Waals surface area (Å²) in [5, 5.41) is 19.5. The second-order valence-electron chi connectivity index (χ2n) is 8.97. The number of likely N-dealkylation sites (N-methyl/N-ethyl adjacent to an activating group) is 1. The maximum absolute atomic E-state index is 12.8. The van der Waals surface area contributed by atoms with Crippen molar-refractivity contribution in [3.63, 3.8) is 0 Å². The number of nitrogens with zero attached hydrogens (tertiary/aromatic N) is 5. The average Bonchev–Trinajstić information content (AvgIpc) is 3.18. The predicted octanol–water partition coefficient (Wildman–Crippen LogP) is 1.78. The summed E-state index contributed by atoms with van der Waals surface area (Å²) < 4.78 is 1.90. The van der Waals surface area contributed by atoms with E-state index in [1.807, 2.05) is 17.9 Å². The molecule has 7 heteroatoms. The Kier molecular flexibility index (Phi) is 5.56.